The van der Waals surface area contributed by atoms with Gasteiger partial charge in [0.15, 0.2) is 11.6 Å². The second kappa shape index (κ2) is 9.58. The fourth-order valence-corrected chi connectivity index (χ4v) is 2.09. The molecule has 0 saturated heterocycles. The highest BCUT2D eigenvalue weighted by Gasteiger charge is 2.33. The topological polar surface area (TPSA) is 71.3 Å². The molecule has 11 heteroatoms. The van der Waals surface area contributed by atoms with E-state index in [4.69, 9.17) is 74.8 Å². The van der Waals surface area contributed by atoms with E-state index in [1.54, 1.807) is 19.1 Å². The number of halogens is 6. The Hall–Kier alpha value is -0.560. The number of aromatic nitrogens is 3. The second-order valence-electron chi connectivity index (χ2n) is 4.98. The Morgan fingerprint density at radius 1 is 1.04 bits per heavy atom. The normalized spacial score (nSPS) is 14.2. The Kier molecular flexibility index (Phi) is 8.65. The largest absolute Gasteiger partial charge is 0.411 e. The first kappa shape index (κ1) is 23.5. The summed E-state index contributed by atoms with van der Waals surface area (Å²) in [6, 6.07) is 0. The van der Waals surface area contributed by atoms with E-state index in [1.165, 1.54) is 0 Å². The first-order valence-corrected chi connectivity index (χ1v) is 9.25. The molecule has 0 aromatic carbocycles. The van der Waals surface area contributed by atoms with Crippen LogP contribution in [0.4, 0.5) is 0 Å². The summed E-state index contributed by atoms with van der Waals surface area (Å²) in [5.74, 6) is -0.0552. The minimum atomic E-state index is -1.91. The molecule has 1 rings (SSSR count). The Bertz CT molecular complexity index is 730. The maximum absolute atomic E-state index is 8.75. The number of alkyl halides is 6. The summed E-state index contributed by atoms with van der Waals surface area (Å²) in [5, 5.41) is 11.8. The van der Waals surface area contributed by atoms with Crippen molar-refractivity contribution in [3.63, 3.8) is 0 Å². The molecule has 0 bridgehead atoms. The van der Waals surface area contributed by atoms with Gasteiger partial charge in [-0.1, -0.05) is 99.6 Å². The third-order valence-corrected chi connectivity index (χ3v) is 4.05. The molecule has 0 unspecified atom stereocenters. The summed E-state index contributed by atoms with van der Waals surface area (Å²) in [4.78, 5) is 12.2. The maximum atomic E-state index is 8.75. The zero-order valence-corrected chi connectivity index (χ0v) is 18.2. The van der Waals surface area contributed by atoms with Gasteiger partial charge in [0.05, 0.1) is 5.71 Å². The van der Waals surface area contributed by atoms with Crippen molar-refractivity contribution in [2.45, 2.75) is 27.9 Å². The van der Waals surface area contributed by atoms with Crippen molar-refractivity contribution in [1.29, 1.82) is 0 Å². The van der Waals surface area contributed by atoms with Crippen LogP contribution in [0.2, 0.25) is 0 Å². The number of hydrogen-bond donors (Lipinski definition) is 1. The number of allylic oxidation sites excluding steroid dienone is 5. The summed E-state index contributed by atoms with van der Waals surface area (Å²) in [6.45, 7) is 7.22. The van der Waals surface area contributed by atoms with Crippen LogP contribution in [0.3, 0.4) is 0 Å². The van der Waals surface area contributed by atoms with Gasteiger partial charge in [0, 0.05) is 6.42 Å². The van der Waals surface area contributed by atoms with Crippen LogP contribution in [0.15, 0.2) is 41.1 Å². The molecule has 0 atom stereocenters. The van der Waals surface area contributed by atoms with Crippen molar-refractivity contribution in [2.75, 3.05) is 0 Å². The highest BCUT2D eigenvalue weighted by molar-refractivity contribution is 6.67. The van der Waals surface area contributed by atoms with E-state index in [2.05, 4.69) is 26.7 Å². The van der Waals surface area contributed by atoms with E-state index in [0.717, 1.165) is 5.57 Å². The summed E-state index contributed by atoms with van der Waals surface area (Å²) in [6.07, 6.45) is 5.50. The molecule has 0 aliphatic carbocycles. The average molecular weight is 479 g/mol. The van der Waals surface area contributed by atoms with Gasteiger partial charge in [-0.05, 0) is 25.0 Å². The molecule has 0 aliphatic heterocycles. The monoisotopic (exact) mass is 476 g/mol. The molecule has 1 heterocycles. The van der Waals surface area contributed by atoms with Crippen LogP contribution >= 0.6 is 69.6 Å². The lowest BCUT2D eigenvalue weighted by Gasteiger charge is -2.15. The average Bonchev–Trinajstić information content (AvgIpc) is 2.55. The van der Waals surface area contributed by atoms with Gasteiger partial charge < -0.3 is 5.21 Å². The minimum Gasteiger partial charge on any atom is -0.411 e. The van der Waals surface area contributed by atoms with Gasteiger partial charge in [-0.3, -0.25) is 0 Å². The van der Waals surface area contributed by atoms with Crippen LogP contribution in [0, 0.1) is 0 Å². The number of oxime groups is 1. The molecule has 26 heavy (non-hydrogen) atoms. The molecule has 0 spiro atoms. The lowest BCUT2D eigenvalue weighted by molar-refractivity contribution is 0.319. The number of hydrogen-bond acceptors (Lipinski definition) is 5. The van der Waals surface area contributed by atoms with Gasteiger partial charge in [0.25, 0.3) is 0 Å². The van der Waals surface area contributed by atoms with Gasteiger partial charge in [0.2, 0.25) is 7.59 Å². The Labute approximate surface area is 181 Å². The number of nitrogens with zero attached hydrogens (tertiary/aromatic N) is 4. The predicted octanol–water partition coefficient (Wildman–Crippen LogP) is 5.98. The van der Waals surface area contributed by atoms with Crippen molar-refractivity contribution in [2.24, 2.45) is 5.16 Å². The standard InChI is InChI=1S/C15H14Cl6N4O/c1-4-10(6-5-8(2)9(3)25-26)7-11-22-12(14(16,17)18)24-13(23-11)15(19,20)21/h4-6,26H,2,7H2,1,3H3/b6-5-,10-4+,25-9-. The maximum Gasteiger partial charge on any atom is 0.250 e. The summed E-state index contributed by atoms with van der Waals surface area (Å²) < 4.78 is -3.81. The first-order chi connectivity index (χ1) is 11.9. The molecule has 5 nitrogen and oxygen atoms in total. The van der Waals surface area contributed by atoms with E-state index in [0.29, 0.717) is 11.3 Å². The predicted molar refractivity (Wildman–Crippen MR) is 109 cm³/mol. The molecule has 142 valence electrons. The van der Waals surface area contributed by atoms with Gasteiger partial charge in [-0.15, -0.1) is 0 Å². The Morgan fingerprint density at radius 3 is 1.92 bits per heavy atom. The van der Waals surface area contributed by atoms with E-state index in [9.17, 15) is 0 Å². The zero-order valence-electron chi connectivity index (χ0n) is 13.7. The summed E-state index contributed by atoms with van der Waals surface area (Å²) in [5.41, 5.74) is 1.72. The van der Waals surface area contributed by atoms with Gasteiger partial charge in [-0.2, -0.15) is 0 Å². The van der Waals surface area contributed by atoms with Gasteiger partial charge in [0.1, 0.15) is 5.82 Å². The first-order valence-electron chi connectivity index (χ1n) is 6.99. The molecule has 0 radical (unpaired) electrons. The zero-order chi connectivity index (χ0) is 20.1. The molecule has 0 saturated carbocycles. The van der Waals surface area contributed by atoms with Crippen LogP contribution in [0.5, 0.6) is 0 Å². The van der Waals surface area contributed by atoms with Crippen LogP contribution < -0.4 is 0 Å². The second-order valence-corrected chi connectivity index (χ2v) is 9.54. The SMILES string of the molecule is C=C(/C=C\C(=C/C)Cc1nc(C(Cl)(Cl)Cl)nc(C(Cl)(Cl)Cl)n1)/C(C)=N\O. The molecule has 0 amide bonds. The van der Waals surface area contributed by atoms with Gasteiger partial charge in [-0.25, -0.2) is 15.0 Å². The van der Waals surface area contributed by atoms with Crippen molar-refractivity contribution >= 4 is 75.3 Å². The van der Waals surface area contributed by atoms with Crippen molar-refractivity contribution in [1.82, 2.24) is 15.0 Å². The molecule has 0 fully saturated rings. The van der Waals surface area contributed by atoms with E-state index in [1.807, 2.05) is 13.0 Å². The molecule has 1 aromatic heterocycles. The van der Waals surface area contributed by atoms with E-state index >= 15 is 0 Å². The van der Waals surface area contributed by atoms with Crippen LogP contribution in [0.1, 0.15) is 31.3 Å². The molecule has 0 aliphatic rings. The lowest BCUT2D eigenvalue weighted by atomic mass is 10.1. The molecular formula is C15H14Cl6N4O. The molecule has 1 N–H and O–H groups in total. The quantitative estimate of drug-likeness (QED) is 0.186. The highest BCUT2D eigenvalue weighted by Crippen LogP contribution is 2.40. The highest BCUT2D eigenvalue weighted by atomic mass is 35.6. The smallest absolute Gasteiger partial charge is 0.250 e. The van der Waals surface area contributed by atoms with Crippen LogP contribution in [-0.4, -0.2) is 25.9 Å². The minimum absolute atomic E-state index is 0.152. The van der Waals surface area contributed by atoms with Crippen LogP contribution in [-0.2, 0) is 14.0 Å². The van der Waals surface area contributed by atoms with Crippen molar-refractivity contribution in [3.8, 4) is 0 Å². The Morgan fingerprint density at radius 2 is 1.54 bits per heavy atom. The van der Waals surface area contributed by atoms with E-state index in [-0.39, 0.29) is 23.9 Å². The third kappa shape index (κ3) is 7.22. The summed E-state index contributed by atoms with van der Waals surface area (Å²) >= 11 is 35.1. The van der Waals surface area contributed by atoms with Crippen LogP contribution in [0.25, 0.3) is 0 Å². The van der Waals surface area contributed by atoms with Crippen molar-refractivity contribution in [3.05, 3.63) is 53.4 Å². The number of rotatable bonds is 5. The summed E-state index contributed by atoms with van der Waals surface area (Å²) in [7, 11) is 0. The van der Waals surface area contributed by atoms with E-state index < -0.39 is 7.59 Å². The third-order valence-electron chi connectivity index (χ3n) is 3.04. The fraction of sp³-hybridized carbons (Fsp3) is 0.333. The van der Waals surface area contributed by atoms with Gasteiger partial charge >= 0.3 is 0 Å². The molecule has 1 aromatic rings. The fourth-order valence-electron chi connectivity index (χ4n) is 1.58. The molecular weight excluding hydrogens is 465 g/mol. The van der Waals surface area contributed by atoms with Crippen molar-refractivity contribution < 1.29 is 5.21 Å². The Balaban J connectivity index is 3.21. The lowest BCUT2D eigenvalue weighted by Crippen LogP contribution is -2.18.